The van der Waals surface area contributed by atoms with E-state index in [4.69, 9.17) is 14.2 Å². The third-order valence-corrected chi connectivity index (χ3v) is 10.0. The quantitative estimate of drug-likeness (QED) is 0.0201. The van der Waals surface area contributed by atoms with Crippen molar-refractivity contribution in [3.63, 3.8) is 0 Å². The Morgan fingerprint density at radius 1 is 0.368 bits per heavy atom. The fourth-order valence-electron chi connectivity index (χ4n) is 6.42. The number of hydrogen-bond donors (Lipinski definition) is 0. The first-order chi connectivity index (χ1) is 28.0. The van der Waals surface area contributed by atoms with Crippen LogP contribution in [0.3, 0.4) is 0 Å². The maximum absolute atomic E-state index is 12.7. The zero-order valence-electron chi connectivity index (χ0n) is 37.3. The molecule has 6 heteroatoms. The standard InChI is InChI=1S/C51H88O6/c1-4-7-10-13-16-19-22-24-25-27-29-32-35-38-41-44-50(53)56-47-48(46-55-49(52)43-40-37-34-31-28-21-18-15-12-9-6-3)57-51(54)45-42-39-36-33-30-26-23-20-17-14-11-8-5-2/h8,11,14-15,17-20,22-23,48H,4-7,9-10,12-13,16,21,24-47H2,1-3H3/b11-8-,17-14-,18-15-,22-19-,23-20-. The van der Waals surface area contributed by atoms with Gasteiger partial charge in [-0.05, 0) is 83.5 Å². The number of unbranched alkanes of at least 4 members (excludes halogenated alkanes) is 23. The molecule has 0 aliphatic rings. The molecule has 0 rings (SSSR count). The summed E-state index contributed by atoms with van der Waals surface area (Å²) in [5.41, 5.74) is 0. The third-order valence-electron chi connectivity index (χ3n) is 10.0. The van der Waals surface area contributed by atoms with E-state index in [1.165, 1.54) is 96.3 Å². The molecule has 0 aliphatic carbocycles. The van der Waals surface area contributed by atoms with Crippen molar-refractivity contribution in [1.82, 2.24) is 0 Å². The van der Waals surface area contributed by atoms with E-state index in [0.29, 0.717) is 19.3 Å². The minimum Gasteiger partial charge on any atom is -0.462 e. The lowest BCUT2D eigenvalue weighted by Crippen LogP contribution is -2.30. The van der Waals surface area contributed by atoms with Crippen LogP contribution in [0, 0.1) is 0 Å². The second-order valence-electron chi connectivity index (χ2n) is 15.7. The molecule has 0 aliphatic heterocycles. The Bertz CT molecular complexity index is 1050. The van der Waals surface area contributed by atoms with E-state index in [2.05, 4.69) is 81.5 Å². The lowest BCUT2D eigenvalue weighted by Gasteiger charge is -2.18. The first kappa shape index (κ1) is 54.1. The van der Waals surface area contributed by atoms with Gasteiger partial charge in [0.15, 0.2) is 6.10 Å². The van der Waals surface area contributed by atoms with Crippen LogP contribution in [0.2, 0.25) is 0 Å². The maximum atomic E-state index is 12.7. The van der Waals surface area contributed by atoms with Crippen molar-refractivity contribution in [1.29, 1.82) is 0 Å². The normalized spacial score (nSPS) is 12.5. The molecule has 328 valence electrons. The Morgan fingerprint density at radius 3 is 1.16 bits per heavy atom. The second kappa shape index (κ2) is 45.8. The molecule has 0 heterocycles. The summed E-state index contributed by atoms with van der Waals surface area (Å²) in [4.78, 5) is 37.8. The van der Waals surface area contributed by atoms with E-state index in [9.17, 15) is 14.4 Å². The summed E-state index contributed by atoms with van der Waals surface area (Å²) in [6.07, 6.45) is 54.8. The van der Waals surface area contributed by atoms with Crippen LogP contribution in [-0.2, 0) is 28.6 Å². The SMILES string of the molecule is CC\C=C/C=C\C=C/CCCCCCCC(=O)OC(COC(=O)CCCCCCC/C=C\CCCC)COC(=O)CCCCCCCCC/C=C\CCCCCC. The molecule has 1 atom stereocenters. The van der Waals surface area contributed by atoms with Gasteiger partial charge in [0.2, 0.25) is 0 Å². The summed E-state index contributed by atoms with van der Waals surface area (Å²) in [6.45, 7) is 6.42. The minimum atomic E-state index is -0.787. The smallest absolute Gasteiger partial charge is 0.306 e. The van der Waals surface area contributed by atoms with Crippen LogP contribution in [0.25, 0.3) is 0 Å². The van der Waals surface area contributed by atoms with Crippen molar-refractivity contribution in [2.45, 2.75) is 232 Å². The highest BCUT2D eigenvalue weighted by Crippen LogP contribution is 2.14. The van der Waals surface area contributed by atoms with Gasteiger partial charge >= 0.3 is 17.9 Å². The van der Waals surface area contributed by atoms with Crippen LogP contribution in [0.15, 0.2) is 60.8 Å². The number of allylic oxidation sites excluding steroid dienone is 10. The van der Waals surface area contributed by atoms with E-state index < -0.39 is 6.10 Å². The van der Waals surface area contributed by atoms with Crippen molar-refractivity contribution in [2.75, 3.05) is 13.2 Å². The molecule has 0 amide bonds. The molecule has 0 aromatic heterocycles. The maximum Gasteiger partial charge on any atom is 0.306 e. The van der Waals surface area contributed by atoms with Gasteiger partial charge in [-0.1, -0.05) is 184 Å². The Labute approximate surface area is 351 Å². The van der Waals surface area contributed by atoms with Crippen molar-refractivity contribution < 1.29 is 28.6 Å². The summed E-state index contributed by atoms with van der Waals surface area (Å²) < 4.78 is 16.7. The molecule has 57 heavy (non-hydrogen) atoms. The zero-order chi connectivity index (χ0) is 41.5. The molecule has 0 saturated heterocycles. The van der Waals surface area contributed by atoms with Gasteiger partial charge in [0, 0.05) is 19.3 Å². The first-order valence-corrected chi connectivity index (χ1v) is 23.8. The van der Waals surface area contributed by atoms with Crippen LogP contribution >= 0.6 is 0 Å². The average molecular weight is 797 g/mol. The molecule has 1 unspecified atom stereocenters. The van der Waals surface area contributed by atoms with E-state index in [1.807, 2.05) is 0 Å². The fourth-order valence-corrected chi connectivity index (χ4v) is 6.42. The van der Waals surface area contributed by atoms with Gasteiger partial charge in [0.05, 0.1) is 0 Å². The summed E-state index contributed by atoms with van der Waals surface area (Å²) in [5, 5.41) is 0. The lowest BCUT2D eigenvalue weighted by atomic mass is 10.1. The average Bonchev–Trinajstić information content (AvgIpc) is 3.21. The summed E-state index contributed by atoms with van der Waals surface area (Å²) in [6, 6.07) is 0. The van der Waals surface area contributed by atoms with Crippen molar-refractivity contribution in [3.05, 3.63) is 60.8 Å². The van der Waals surface area contributed by atoms with Gasteiger partial charge in [-0.15, -0.1) is 0 Å². The van der Waals surface area contributed by atoms with Gasteiger partial charge in [0.1, 0.15) is 13.2 Å². The second-order valence-corrected chi connectivity index (χ2v) is 15.7. The molecule has 0 aromatic rings. The molecule has 0 fully saturated rings. The molecule has 0 bridgehead atoms. The predicted molar refractivity (Wildman–Crippen MR) is 242 cm³/mol. The highest BCUT2D eigenvalue weighted by atomic mass is 16.6. The zero-order valence-corrected chi connectivity index (χ0v) is 37.3. The number of esters is 3. The monoisotopic (exact) mass is 797 g/mol. The molecule has 0 N–H and O–H groups in total. The van der Waals surface area contributed by atoms with E-state index >= 15 is 0 Å². The minimum absolute atomic E-state index is 0.0878. The van der Waals surface area contributed by atoms with Crippen LogP contribution in [0.4, 0.5) is 0 Å². The van der Waals surface area contributed by atoms with Crippen molar-refractivity contribution in [3.8, 4) is 0 Å². The highest BCUT2D eigenvalue weighted by Gasteiger charge is 2.19. The largest absolute Gasteiger partial charge is 0.462 e. The van der Waals surface area contributed by atoms with Gasteiger partial charge in [-0.3, -0.25) is 14.4 Å². The number of carbonyl (C=O) groups excluding carboxylic acids is 3. The molecule has 0 saturated carbocycles. The van der Waals surface area contributed by atoms with Crippen molar-refractivity contribution >= 4 is 17.9 Å². The van der Waals surface area contributed by atoms with Gasteiger partial charge in [0.25, 0.3) is 0 Å². The van der Waals surface area contributed by atoms with Crippen LogP contribution in [0.1, 0.15) is 226 Å². The van der Waals surface area contributed by atoms with Gasteiger partial charge < -0.3 is 14.2 Å². The van der Waals surface area contributed by atoms with Crippen molar-refractivity contribution in [2.24, 2.45) is 0 Å². The number of ether oxygens (including phenoxy) is 3. The Morgan fingerprint density at radius 2 is 0.719 bits per heavy atom. The number of hydrogen-bond acceptors (Lipinski definition) is 6. The number of carbonyl (C=O) groups is 3. The van der Waals surface area contributed by atoms with Gasteiger partial charge in [-0.25, -0.2) is 0 Å². The summed E-state index contributed by atoms with van der Waals surface area (Å²) >= 11 is 0. The Hall–Kier alpha value is -2.89. The van der Waals surface area contributed by atoms with E-state index in [1.54, 1.807) is 0 Å². The molecular formula is C51H88O6. The molecule has 0 spiro atoms. The molecular weight excluding hydrogens is 709 g/mol. The highest BCUT2D eigenvalue weighted by molar-refractivity contribution is 5.71. The molecule has 0 radical (unpaired) electrons. The fraction of sp³-hybridized carbons (Fsp3) is 0.745. The topological polar surface area (TPSA) is 78.9 Å². The van der Waals surface area contributed by atoms with Crippen LogP contribution in [-0.4, -0.2) is 37.2 Å². The van der Waals surface area contributed by atoms with E-state index in [0.717, 1.165) is 89.9 Å². The van der Waals surface area contributed by atoms with Crippen LogP contribution in [0.5, 0.6) is 0 Å². The number of rotatable bonds is 42. The molecule has 0 aromatic carbocycles. The summed E-state index contributed by atoms with van der Waals surface area (Å²) in [7, 11) is 0. The summed E-state index contributed by atoms with van der Waals surface area (Å²) in [5.74, 6) is -0.924. The Balaban J connectivity index is 4.41. The van der Waals surface area contributed by atoms with E-state index in [-0.39, 0.29) is 31.1 Å². The first-order valence-electron chi connectivity index (χ1n) is 23.8. The Kier molecular flexibility index (Phi) is 43.5. The van der Waals surface area contributed by atoms with Crippen LogP contribution < -0.4 is 0 Å². The molecule has 6 nitrogen and oxygen atoms in total. The lowest BCUT2D eigenvalue weighted by molar-refractivity contribution is -0.167. The van der Waals surface area contributed by atoms with Gasteiger partial charge in [-0.2, -0.15) is 0 Å². The third kappa shape index (κ3) is 44.1. The predicted octanol–water partition coefficient (Wildman–Crippen LogP) is 15.3.